The lowest BCUT2D eigenvalue weighted by Gasteiger charge is -2.37. The van der Waals surface area contributed by atoms with Crippen molar-refractivity contribution in [1.29, 1.82) is 0 Å². The monoisotopic (exact) mass is 237 g/mol. The SMILES string of the molecule is Cc1cc(C2(CN)CCCCC2)c(F)cc1O. The second-order valence-electron chi connectivity index (χ2n) is 5.16. The minimum atomic E-state index is -0.319. The second-order valence-corrected chi connectivity index (χ2v) is 5.16. The van der Waals surface area contributed by atoms with Gasteiger partial charge in [-0.25, -0.2) is 4.39 Å². The van der Waals surface area contributed by atoms with Crippen molar-refractivity contribution in [3.63, 3.8) is 0 Å². The maximum atomic E-state index is 14.0. The first kappa shape index (κ1) is 12.4. The predicted octanol–water partition coefficient (Wildman–Crippen LogP) is 3.00. The van der Waals surface area contributed by atoms with Crippen LogP contribution in [-0.4, -0.2) is 11.7 Å². The Morgan fingerprint density at radius 3 is 2.53 bits per heavy atom. The molecule has 0 unspecified atom stereocenters. The molecule has 0 saturated heterocycles. The third-order valence-corrected chi connectivity index (χ3v) is 4.06. The molecule has 0 atom stereocenters. The zero-order valence-electron chi connectivity index (χ0n) is 10.3. The first-order chi connectivity index (χ1) is 8.09. The van der Waals surface area contributed by atoms with Crippen LogP contribution in [0.4, 0.5) is 4.39 Å². The Bertz CT molecular complexity index is 411. The Labute approximate surface area is 102 Å². The highest BCUT2D eigenvalue weighted by Crippen LogP contribution is 2.41. The van der Waals surface area contributed by atoms with Gasteiger partial charge in [-0.05, 0) is 37.0 Å². The quantitative estimate of drug-likeness (QED) is 0.830. The molecule has 1 aliphatic carbocycles. The molecule has 1 fully saturated rings. The molecule has 1 aliphatic rings. The van der Waals surface area contributed by atoms with Crippen LogP contribution < -0.4 is 5.73 Å². The fourth-order valence-electron chi connectivity index (χ4n) is 2.89. The molecule has 2 rings (SSSR count). The van der Waals surface area contributed by atoms with Gasteiger partial charge in [0.25, 0.3) is 0 Å². The molecule has 0 radical (unpaired) electrons. The fraction of sp³-hybridized carbons (Fsp3) is 0.571. The number of phenolic OH excluding ortho intramolecular Hbond substituents is 1. The number of phenols is 1. The molecule has 3 N–H and O–H groups in total. The Kier molecular flexibility index (Phi) is 3.38. The number of aromatic hydroxyl groups is 1. The van der Waals surface area contributed by atoms with E-state index < -0.39 is 0 Å². The van der Waals surface area contributed by atoms with Gasteiger partial charge in [0, 0.05) is 18.0 Å². The summed E-state index contributed by atoms with van der Waals surface area (Å²) in [5.74, 6) is -0.297. The molecule has 0 amide bonds. The van der Waals surface area contributed by atoms with Gasteiger partial charge in [-0.2, -0.15) is 0 Å². The van der Waals surface area contributed by atoms with Crippen molar-refractivity contribution >= 4 is 0 Å². The minimum absolute atomic E-state index is 0.0224. The summed E-state index contributed by atoms with van der Waals surface area (Å²) in [5.41, 5.74) is 7.09. The molecule has 0 aromatic heterocycles. The van der Waals surface area contributed by atoms with E-state index in [9.17, 15) is 9.50 Å². The van der Waals surface area contributed by atoms with Crippen molar-refractivity contribution in [3.8, 4) is 5.75 Å². The van der Waals surface area contributed by atoms with Gasteiger partial charge in [0.15, 0.2) is 0 Å². The smallest absolute Gasteiger partial charge is 0.130 e. The molecular formula is C14H20FNO. The van der Waals surface area contributed by atoms with E-state index in [0.717, 1.165) is 31.2 Å². The molecule has 17 heavy (non-hydrogen) atoms. The summed E-state index contributed by atoms with van der Waals surface area (Å²) in [7, 11) is 0. The van der Waals surface area contributed by atoms with E-state index in [2.05, 4.69) is 0 Å². The highest BCUT2D eigenvalue weighted by Gasteiger charge is 2.35. The van der Waals surface area contributed by atoms with Gasteiger partial charge in [-0.1, -0.05) is 19.3 Å². The van der Waals surface area contributed by atoms with Crippen LogP contribution in [0.2, 0.25) is 0 Å². The zero-order valence-corrected chi connectivity index (χ0v) is 10.3. The highest BCUT2D eigenvalue weighted by atomic mass is 19.1. The van der Waals surface area contributed by atoms with Crippen LogP contribution in [-0.2, 0) is 5.41 Å². The summed E-state index contributed by atoms with van der Waals surface area (Å²) in [5, 5.41) is 9.51. The number of halogens is 1. The Morgan fingerprint density at radius 2 is 1.94 bits per heavy atom. The van der Waals surface area contributed by atoms with Crippen molar-refractivity contribution in [3.05, 3.63) is 29.1 Å². The average molecular weight is 237 g/mol. The maximum Gasteiger partial charge on any atom is 0.130 e. The van der Waals surface area contributed by atoms with E-state index in [0.29, 0.717) is 12.1 Å². The number of hydrogen-bond acceptors (Lipinski definition) is 2. The number of aryl methyl sites for hydroxylation is 1. The van der Waals surface area contributed by atoms with Crippen molar-refractivity contribution in [1.82, 2.24) is 0 Å². The summed E-state index contributed by atoms with van der Waals surface area (Å²) in [6.45, 7) is 2.28. The van der Waals surface area contributed by atoms with Gasteiger partial charge in [0.1, 0.15) is 11.6 Å². The molecule has 3 heteroatoms. The third-order valence-electron chi connectivity index (χ3n) is 4.06. The molecule has 1 saturated carbocycles. The topological polar surface area (TPSA) is 46.2 Å². The predicted molar refractivity (Wildman–Crippen MR) is 66.6 cm³/mol. The van der Waals surface area contributed by atoms with Gasteiger partial charge in [0.05, 0.1) is 0 Å². The van der Waals surface area contributed by atoms with E-state index in [1.165, 1.54) is 12.5 Å². The normalized spacial score (nSPS) is 19.2. The Balaban J connectivity index is 2.46. The van der Waals surface area contributed by atoms with Crippen LogP contribution >= 0.6 is 0 Å². The van der Waals surface area contributed by atoms with E-state index in [1.807, 2.05) is 0 Å². The second kappa shape index (κ2) is 4.65. The summed E-state index contributed by atoms with van der Waals surface area (Å²) in [6, 6.07) is 2.99. The average Bonchev–Trinajstić information content (AvgIpc) is 2.34. The number of hydrogen-bond donors (Lipinski definition) is 2. The van der Waals surface area contributed by atoms with Gasteiger partial charge in [-0.15, -0.1) is 0 Å². The first-order valence-corrected chi connectivity index (χ1v) is 6.29. The van der Waals surface area contributed by atoms with Crippen molar-refractivity contribution < 1.29 is 9.50 Å². The lowest BCUT2D eigenvalue weighted by atomic mass is 9.69. The van der Waals surface area contributed by atoms with Gasteiger partial charge in [0.2, 0.25) is 0 Å². The van der Waals surface area contributed by atoms with Crippen molar-refractivity contribution in [2.75, 3.05) is 6.54 Å². The molecular weight excluding hydrogens is 217 g/mol. The summed E-state index contributed by atoms with van der Waals surface area (Å²) in [4.78, 5) is 0. The van der Waals surface area contributed by atoms with E-state index in [-0.39, 0.29) is 17.0 Å². The maximum absolute atomic E-state index is 14.0. The van der Waals surface area contributed by atoms with Crippen LogP contribution in [0, 0.1) is 12.7 Å². The standard InChI is InChI=1S/C14H20FNO/c1-10-7-11(12(15)8-13(10)17)14(9-16)5-3-2-4-6-14/h7-8,17H,2-6,9,16H2,1H3. The first-order valence-electron chi connectivity index (χ1n) is 6.29. The molecule has 0 spiro atoms. The Morgan fingerprint density at radius 1 is 1.29 bits per heavy atom. The van der Waals surface area contributed by atoms with Crippen LogP contribution in [0.15, 0.2) is 12.1 Å². The molecule has 0 bridgehead atoms. The summed E-state index contributed by atoms with van der Waals surface area (Å²) < 4.78 is 14.0. The van der Waals surface area contributed by atoms with Crippen molar-refractivity contribution in [2.45, 2.75) is 44.4 Å². The number of benzene rings is 1. The number of rotatable bonds is 2. The molecule has 0 heterocycles. The molecule has 1 aromatic rings. The molecule has 0 aliphatic heterocycles. The largest absolute Gasteiger partial charge is 0.508 e. The lowest BCUT2D eigenvalue weighted by molar-refractivity contribution is 0.291. The van der Waals surface area contributed by atoms with Crippen molar-refractivity contribution in [2.24, 2.45) is 5.73 Å². The van der Waals surface area contributed by atoms with Crippen LogP contribution in [0.25, 0.3) is 0 Å². The minimum Gasteiger partial charge on any atom is -0.508 e. The van der Waals surface area contributed by atoms with Crippen LogP contribution in [0.5, 0.6) is 5.75 Å². The fourth-order valence-corrected chi connectivity index (χ4v) is 2.89. The third kappa shape index (κ3) is 2.16. The van der Waals surface area contributed by atoms with E-state index >= 15 is 0 Å². The zero-order chi connectivity index (χ0) is 12.5. The number of nitrogens with two attached hydrogens (primary N) is 1. The van der Waals surface area contributed by atoms with Gasteiger partial charge < -0.3 is 10.8 Å². The molecule has 2 nitrogen and oxygen atoms in total. The van der Waals surface area contributed by atoms with Gasteiger partial charge >= 0.3 is 0 Å². The van der Waals surface area contributed by atoms with Gasteiger partial charge in [-0.3, -0.25) is 0 Å². The van der Waals surface area contributed by atoms with Crippen LogP contribution in [0.1, 0.15) is 43.2 Å². The molecule has 1 aromatic carbocycles. The van der Waals surface area contributed by atoms with Crippen LogP contribution in [0.3, 0.4) is 0 Å². The summed E-state index contributed by atoms with van der Waals surface area (Å²) in [6.07, 6.45) is 5.32. The van der Waals surface area contributed by atoms with E-state index in [1.54, 1.807) is 13.0 Å². The highest BCUT2D eigenvalue weighted by molar-refractivity contribution is 5.40. The van der Waals surface area contributed by atoms with E-state index in [4.69, 9.17) is 5.73 Å². The summed E-state index contributed by atoms with van der Waals surface area (Å²) >= 11 is 0. The lowest BCUT2D eigenvalue weighted by Crippen LogP contribution is -2.38. The Hall–Kier alpha value is -1.09. The molecule has 94 valence electrons.